The standard InChI is InChI=1S/C7H11NO/c1-2-5-8-7(6-9)3-4-7/h1,8-9H,3-6H2. The number of terminal acetylenes is 1. The minimum Gasteiger partial charge on any atom is -0.394 e. The second-order valence-corrected chi connectivity index (χ2v) is 2.50. The van der Waals surface area contributed by atoms with Crippen molar-refractivity contribution < 1.29 is 5.11 Å². The highest BCUT2D eigenvalue weighted by Gasteiger charge is 2.40. The maximum absolute atomic E-state index is 8.75. The third-order valence-corrected chi connectivity index (χ3v) is 1.72. The molecule has 0 bridgehead atoms. The molecule has 2 heteroatoms. The van der Waals surface area contributed by atoms with Gasteiger partial charge in [-0.1, -0.05) is 5.92 Å². The van der Waals surface area contributed by atoms with Crippen molar-refractivity contribution in [3.8, 4) is 12.3 Å². The zero-order valence-electron chi connectivity index (χ0n) is 5.35. The first-order chi connectivity index (χ1) is 4.33. The van der Waals surface area contributed by atoms with Crippen molar-refractivity contribution in [1.82, 2.24) is 5.32 Å². The van der Waals surface area contributed by atoms with E-state index in [-0.39, 0.29) is 12.1 Å². The first-order valence-electron chi connectivity index (χ1n) is 3.12. The molecule has 0 aromatic heterocycles. The minimum atomic E-state index is 0.00632. The Labute approximate surface area is 55.3 Å². The molecule has 0 saturated heterocycles. The largest absolute Gasteiger partial charge is 0.394 e. The van der Waals surface area contributed by atoms with Gasteiger partial charge in [0.25, 0.3) is 0 Å². The molecule has 0 radical (unpaired) electrons. The fourth-order valence-corrected chi connectivity index (χ4v) is 0.780. The van der Waals surface area contributed by atoms with Crippen molar-refractivity contribution in [1.29, 1.82) is 0 Å². The van der Waals surface area contributed by atoms with Gasteiger partial charge in [0.1, 0.15) is 0 Å². The summed E-state index contributed by atoms with van der Waals surface area (Å²) in [6.07, 6.45) is 7.15. The van der Waals surface area contributed by atoms with Crippen molar-refractivity contribution in [2.75, 3.05) is 13.2 Å². The summed E-state index contributed by atoms with van der Waals surface area (Å²) in [5.41, 5.74) is 0.00632. The van der Waals surface area contributed by atoms with Crippen LogP contribution in [0.25, 0.3) is 0 Å². The summed E-state index contributed by atoms with van der Waals surface area (Å²) in [5, 5.41) is 11.8. The van der Waals surface area contributed by atoms with Gasteiger partial charge < -0.3 is 5.11 Å². The molecule has 1 fully saturated rings. The van der Waals surface area contributed by atoms with E-state index in [2.05, 4.69) is 11.2 Å². The molecule has 50 valence electrons. The smallest absolute Gasteiger partial charge is 0.0613 e. The maximum Gasteiger partial charge on any atom is 0.0613 e. The molecule has 0 aliphatic heterocycles. The Kier molecular flexibility index (Phi) is 1.75. The second-order valence-electron chi connectivity index (χ2n) is 2.50. The molecule has 9 heavy (non-hydrogen) atoms. The summed E-state index contributed by atoms with van der Waals surface area (Å²) in [6, 6.07) is 0. The van der Waals surface area contributed by atoms with Crippen LogP contribution >= 0.6 is 0 Å². The van der Waals surface area contributed by atoms with Crippen molar-refractivity contribution in [3.63, 3.8) is 0 Å². The molecule has 0 atom stereocenters. The van der Waals surface area contributed by atoms with Gasteiger partial charge in [0, 0.05) is 5.54 Å². The fraction of sp³-hybridized carbons (Fsp3) is 0.714. The van der Waals surface area contributed by atoms with E-state index in [1.165, 1.54) is 0 Å². The monoisotopic (exact) mass is 125 g/mol. The van der Waals surface area contributed by atoms with Crippen LogP contribution in [-0.4, -0.2) is 23.8 Å². The number of nitrogens with one attached hydrogen (secondary N) is 1. The molecule has 1 saturated carbocycles. The number of hydrogen-bond acceptors (Lipinski definition) is 2. The van der Waals surface area contributed by atoms with Crippen molar-refractivity contribution in [2.45, 2.75) is 18.4 Å². The summed E-state index contributed by atoms with van der Waals surface area (Å²) in [6.45, 7) is 0.787. The molecular weight excluding hydrogens is 114 g/mol. The Morgan fingerprint density at radius 1 is 1.67 bits per heavy atom. The van der Waals surface area contributed by atoms with E-state index in [9.17, 15) is 0 Å². The summed E-state index contributed by atoms with van der Waals surface area (Å²) >= 11 is 0. The summed E-state index contributed by atoms with van der Waals surface area (Å²) in [5.74, 6) is 2.48. The van der Waals surface area contributed by atoms with Crippen LogP contribution in [0.3, 0.4) is 0 Å². The maximum atomic E-state index is 8.75. The molecule has 0 amide bonds. The molecule has 2 N–H and O–H groups in total. The number of hydrogen-bond donors (Lipinski definition) is 2. The third kappa shape index (κ3) is 1.44. The van der Waals surface area contributed by atoms with Crippen LogP contribution in [0.2, 0.25) is 0 Å². The van der Waals surface area contributed by atoms with E-state index in [4.69, 9.17) is 11.5 Å². The molecule has 1 aliphatic carbocycles. The van der Waals surface area contributed by atoms with Gasteiger partial charge in [-0.15, -0.1) is 6.42 Å². The SMILES string of the molecule is C#CCNC1(CO)CC1. The average molecular weight is 125 g/mol. The normalized spacial score (nSPS) is 20.9. The van der Waals surface area contributed by atoms with Gasteiger partial charge in [-0.25, -0.2) is 0 Å². The summed E-state index contributed by atoms with van der Waals surface area (Å²) < 4.78 is 0. The molecule has 0 aromatic rings. The summed E-state index contributed by atoms with van der Waals surface area (Å²) in [4.78, 5) is 0. The average Bonchev–Trinajstić information content (AvgIpc) is 2.65. The van der Waals surface area contributed by atoms with E-state index in [0.29, 0.717) is 6.54 Å². The van der Waals surface area contributed by atoms with Crippen molar-refractivity contribution in [3.05, 3.63) is 0 Å². The highest BCUT2D eigenvalue weighted by Crippen LogP contribution is 2.33. The Morgan fingerprint density at radius 3 is 2.67 bits per heavy atom. The topological polar surface area (TPSA) is 32.3 Å². The van der Waals surface area contributed by atoms with Crippen LogP contribution in [0, 0.1) is 12.3 Å². The lowest BCUT2D eigenvalue weighted by atomic mass is 10.3. The minimum absolute atomic E-state index is 0.00632. The number of aliphatic hydroxyl groups is 1. The van der Waals surface area contributed by atoms with Crippen LogP contribution in [-0.2, 0) is 0 Å². The molecular formula is C7H11NO. The Balaban J connectivity index is 2.19. The van der Waals surface area contributed by atoms with Crippen LogP contribution in [0.5, 0.6) is 0 Å². The molecule has 0 spiro atoms. The second kappa shape index (κ2) is 2.38. The molecule has 0 heterocycles. The Hall–Kier alpha value is -0.520. The van der Waals surface area contributed by atoms with Gasteiger partial charge in [-0.2, -0.15) is 0 Å². The van der Waals surface area contributed by atoms with Gasteiger partial charge in [-0.05, 0) is 12.8 Å². The Morgan fingerprint density at radius 2 is 2.33 bits per heavy atom. The summed E-state index contributed by atoms with van der Waals surface area (Å²) in [7, 11) is 0. The fourth-order valence-electron chi connectivity index (χ4n) is 0.780. The molecule has 1 aliphatic rings. The first kappa shape index (κ1) is 6.60. The van der Waals surface area contributed by atoms with Crippen molar-refractivity contribution >= 4 is 0 Å². The van der Waals surface area contributed by atoms with Crippen molar-refractivity contribution in [2.24, 2.45) is 0 Å². The number of aliphatic hydroxyl groups excluding tert-OH is 1. The molecule has 1 rings (SSSR count). The van der Waals surface area contributed by atoms with Gasteiger partial charge in [0.05, 0.1) is 13.2 Å². The lowest BCUT2D eigenvalue weighted by molar-refractivity contribution is 0.235. The van der Waals surface area contributed by atoms with Gasteiger partial charge in [0.2, 0.25) is 0 Å². The Bertz CT molecular complexity index is 132. The molecule has 0 unspecified atom stereocenters. The van der Waals surface area contributed by atoms with Gasteiger partial charge in [-0.3, -0.25) is 5.32 Å². The predicted octanol–water partition coefficient (Wildman–Crippen LogP) is -0.266. The van der Waals surface area contributed by atoms with E-state index in [1.54, 1.807) is 0 Å². The lowest BCUT2D eigenvalue weighted by Crippen LogP contribution is -2.34. The van der Waals surface area contributed by atoms with E-state index in [0.717, 1.165) is 12.8 Å². The number of rotatable bonds is 3. The lowest BCUT2D eigenvalue weighted by Gasteiger charge is -2.10. The quantitative estimate of drug-likeness (QED) is 0.509. The van der Waals surface area contributed by atoms with E-state index < -0.39 is 0 Å². The highest BCUT2D eigenvalue weighted by atomic mass is 16.3. The first-order valence-corrected chi connectivity index (χ1v) is 3.12. The van der Waals surface area contributed by atoms with E-state index in [1.807, 2.05) is 0 Å². The molecule has 2 nitrogen and oxygen atoms in total. The van der Waals surface area contributed by atoms with Crippen LogP contribution in [0.15, 0.2) is 0 Å². The van der Waals surface area contributed by atoms with Gasteiger partial charge in [0.15, 0.2) is 0 Å². The zero-order chi connectivity index (χ0) is 6.74. The van der Waals surface area contributed by atoms with Crippen LogP contribution in [0.1, 0.15) is 12.8 Å². The van der Waals surface area contributed by atoms with E-state index >= 15 is 0 Å². The third-order valence-electron chi connectivity index (χ3n) is 1.72. The zero-order valence-corrected chi connectivity index (χ0v) is 5.35. The molecule has 0 aromatic carbocycles. The van der Waals surface area contributed by atoms with Gasteiger partial charge >= 0.3 is 0 Å². The highest BCUT2D eigenvalue weighted by molar-refractivity contribution is 5.04. The predicted molar refractivity (Wildman–Crippen MR) is 35.9 cm³/mol. The van der Waals surface area contributed by atoms with Crippen LogP contribution < -0.4 is 5.32 Å². The van der Waals surface area contributed by atoms with Crippen LogP contribution in [0.4, 0.5) is 0 Å².